The number of urea groups is 1. The maximum atomic E-state index is 14.1. The first-order valence-corrected chi connectivity index (χ1v) is 9.80. The van der Waals surface area contributed by atoms with E-state index in [4.69, 9.17) is 11.6 Å². The molecule has 0 bridgehead atoms. The molecule has 4 rings (SSSR count). The highest BCUT2D eigenvalue weighted by atomic mass is 35.5. The Morgan fingerprint density at radius 1 is 1.10 bits per heavy atom. The van der Waals surface area contributed by atoms with Gasteiger partial charge < -0.3 is 10.2 Å². The summed E-state index contributed by atoms with van der Waals surface area (Å²) in [7, 11) is 0. The van der Waals surface area contributed by atoms with E-state index in [1.165, 1.54) is 11.0 Å². The highest BCUT2D eigenvalue weighted by Crippen LogP contribution is 2.31. The zero-order chi connectivity index (χ0) is 21.5. The number of benzene rings is 2. The van der Waals surface area contributed by atoms with E-state index in [0.717, 1.165) is 22.6 Å². The maximum absolute atomic E-state index is 14.1. The summed E-state index contributed by atoms with van der Waals surface area (Å²) in [5, 5.41) is 3.23. The van der Waals surface area contributed by atoms with E-state index in [9.17, 15) is 23.2 Å². The third-order valence-corrected chi connectivity index (χ3v) is 5.71. The lowest BCUT2D eigenvalue weighted by Crippen LogP contribution is -2.59. The minimum atomic E-state index is -1.31. The van der Waals surface area contributed by atoms with Crippen LogP contribution in [0.25, 0.3) is 0 Å². The summed E-state index contributed by atoms with van der Waals surface area (Å²) >= 11 is 5.87. The van der Waals surface area contributed by atoms with Gasteiger partial charge in [0.2, 0.25) is 0 Å². The van der Waals surface area contributed by atoms with Crippen LogP contribution in [0.3, 0.4) is 0 Å². The molecule has 0 saturated carbocycles. The fourth-order valence-electron chi connectivity index (χ4n) is 3.96. The molecule has 0 unspecified atom stereocenters. The molecule has 1 atom stereocenters. The smallest absolute Gasteiger partial charge is 0.325 e. The molecule has 0 aliphatic carbocycles. The molecule has 4 amide bonds. The van der Waals surface area contributed by atoms with E-state index in [2.05, 4.69) is 5.32 Å². The van der Waals surface area contributed by atoms with Crippen LogP contribution in [0.4, 0.5) is 13.6 Å². The number of hydrogen-bond donors (Lipinski definition) is 1. The minimum Gasteiger partial charge on any atom is -0.336 e. The normalized spacial score (nSPS) is 21.3. The first-order chi connectivity index (χ1) is 14.3. The predicted molar refractivity (Wildman–Crippen MR) is 105 cm³/mol. The Hall–Kier alpha value is -3.00. The van der Waals surface area contributed by atoms with Crippen LogP contribution in [0.1, 0.15) is 28.8 Å². The maximum Gasteiger partial charge on any atom is 0.325 e. The van der Waals surface area contributed by atoms with Crippen LogP contribution >= 0.6 is 11.6 Å². The molecule has 1 spiro atoms. The van der Waals surface area contributed by atoms with Crippen molar-refractivity contribution in [3.05, 3.63) is 70.2 Å². The molecule has 6 nitrogen and oxygen atoms in total. The quantitative estimate of drug-likeness (QED) is 0.755. The van der Waals surface area contributed by atoms with Gasteiger partial charge in [-0.25, -0.2) is 13.6 Å². The second-order valence-electron chi connectivity index (χ2n) is 7.46. The molecule has 2 aliphatic heterocycles. The molecule has 1 N–H and O–H groups in total. The molecule has 9 heteroatoms. The predicted octanol–water partition coefficient (Wildman–Crippen LogP) is 3.35. The molecule has 0 radical (unpaired) electrons. The fourth-order valence-corrected chi connectivity index (χ4v) is 4.08. The fraction of sp³-hybridized carbons (Fsp3) is 0.286. The van der Waals surface area contributed by atoms with Crippen molar-refractivity contribution in [1.82, 2.24) is 15.1 Å². The van der Waals surface area contributed by atoms with Gasteiger partial charge in [-0.15, -0.1) is 0 Å². The minimum absolute atomic E-state index is 0.0550. The SMILES string of the molecule is O=C(c1c(F)cccc1F)N1CCC[C@]2(C1)NC(=O)N(Cc1ccc(Cl)cc1)C2=O. The van der Waals surface area contributed by atoms with Crippen molar-refractivity contribution >= 4 is 29.4 Å². The number of nitrogens with zero attached hydrogens (tertiary/aromatic N) is 2. The Labute approximate surface area is 176 Å². The molecular weight excluding hydrogens is 416 g/mol. The first kappa shape index (κ1) is 20.3. The molecule has 2 saturated heterocycles. The zero-order valence-electron chi connectivity index (χ0n) is 15.8. The van der Waals surface area contributed by atoms with Gasteiger partial charge in [-0.05, 0) is 42.7 Å². The largest absolute Gasteiger partial charge is 0.336 e. The Morgan fingerprint density at radius 3 is 2.43 bits per heavy atom. The summed E-state index contributed by atoms with van der Waals surface area (Å²) in [4.78, 5) is 40.7. The monoisotopic (exact) mass is 433 g/mol. The lowest BCUT2D eigenvalue weighted by molar-refractivity contribution is -0.133. The summed E-state index contributed by atoms with van der Waals surface area (Å²) in [5.41, 5.74) is -1.25. The molecule has 2 aromatic rings. The van der Waals surface area contributed by atoms with E-state index < -0.39 is 40.6 Å². The van der Waals surface area contributed by atoms with E-state index in [1.54, 1.807) is 24.3 Å². The Bertz CT molecular complexity index is 1010. The van der Waals surface area contributed by atoms with Gasteiger partial charge in [0, 0.05) is 11.6 Å². The lowest BCUT2D eigenvalue weighted by atomic mass is 9.88. The van der Waals surface area contributed by atoms with Crippen molar-refractivity contribution in [2.75, 3.05) is 13.1 Å². The second-order valence-corrected chi connectivity index (χ2v) is 7.89. The van der Waals surface area contributed by atoms with Crippen LogP contribution in [-0.2, 0) is 11.3 Å². The molecule has 2 fully saturated rings. The number of rotatable bonds is 3. The number of amides is 4. The summed E-state index contributed by atoms with van der Waals surface area (Å²) < 4.78 is 28.1. The molecule has 2 heterocycles. The van der Waals surface area contributed by atoms with Gasteiger partial charge in [0.05, 0.1) is 13.1 Å². The Kier molecular flexibility index (Phi) is 5.19. The molecule has 0 aromatic heterocycles. The zero-order valence-corrected chi connectivity index (χ0v) is 16.6. The van der Waals surface area contributed by atoms with Gasteiger partial charge in [-0.2, -0.15) is 0 Å². The van der Waals surface area contributed by atoms with Crippen LogP contribution in [0.5, 0.6) is 0 Å². The van der Waals surface area contributed by atoms with Crippen LogP contribution in [0.2, 0.25) is 5.02 Å². The van der Waals surface area contributed by atoms with Crippen molar-refractivity contribution < 1.29 is 23.2 Å². The van der Waals surface area contributed by atoms with E-state index in [1.807, 2.05) is 0 Å². The molecule has 30 heavy (non-hydrogen) atoms. The van der Waals surface area contributed by atoms with Crippen molar-refractivity contribution in [1.29, 1.82) is 0 Å². The summed E-state index contributed by atoms with van der Waals surface area (Å²) in [6, 6.07) is 9.37. The van der Waals surface area contributed by atoms with E-state index in [-0.39, 0.29) is 19.6 Å². The molecular formula is C21H18ClF2N3O3. The number of piperidine rings is 1. The van der Waals surface area contributed by atoms with Crippen molar-refractivity contribution in [3.8, 4) is 0 Å². The van der Waals surface area contributed by atoms with Gasteiger partial charge in [0.15, 0.2) is 0 Å². The Morgan fingerprint density at radius 2 is 1.77 bits per heavy atom. The number of halogens is 3. The lowest BCUT2D eigenvalue weighted by Gasteiger charge is -2.38. The van der Waals surface area contributed by atoms with Gasteiger partial charge in [-0.3, -0.25) is 14.5 Å². The van der Waals surface area contributed by atoms with Gasteiger partial charge in [0.25, 0.3) is 11.8 Å². The highest BCUT2D eigenvalue weighted by molar-refractivity contribution is 6.30. The number of nitrogens with one attached hydrogen (secondary N) is 1. The number of imide groups is 1. The topological polar surface area (TPSA) is 69.7 Å². The van der Waals surface area contributed by atoms with Crippen molar-refractivity contribution in [3.63, 3.8) is 0 Å². The third kappa shape index (κ3) is 3.52. The summed E-state index contributed by atoms with van der Waals surface area (Å²) in [5.74, 6) is -3.24. The Balaban J connectivity index is 1.55. The van der Waals surface area contributed by atoms with E-state index >= 15 is 0 Å². The van der Waals surface area contributed by atoms with Gasteiger partial charge in [-0.1, -0.05) is 29.8 Å². The molecule has 2 aromatic carbocycles. The van der Waals surface area contributed by atoms with Crippen molar-refractivity contribution in [2.24, 2.45) is 0 Å². The molecule has 156 valence electrons. The van der Waals surface area contributed by atoms with Gasteiger partial charge >= 0.3 is 6.03 Å². The number of hydrogen-bond acceptors (Lipinski definition) is 3. The molecule has 2 aliphatic rings. The second kappa shape index (κ2) is 7.68. The average molecular weight is 434 g/mol. The number of carbonyl (C=O) groups excluding carboxylic acids is 3. The third-order valence-electron chi connectivity index (χ3n) is 5.46. The number of likely N-dealkylation sites (tertiary alicyclic amines) is 1. The summed E-state index contributed by atoms with van der Waals surface area (Å²) in [6.07, 6.45) is 0.737. The van der Waals surface area contributed by atoms with Crippen LogP contribution in [-0.4, -0.2) is 46.3 Å². The first-order valence-electron chi connectivity index (χ1n) is 9.42. The van der Waals surface area contributed by atoms with Crippen LogP contribution < -0.4 is 5.32 Å². The van der Waals surface area contributed by atoms with Crippen molar-refractivity contribution in [2.45, 2.75) is 24.9 Å². The highest BCUT2D eigenvalue weighted by Gasteiger charge is 2.53. The standard InChI is InChI=1S/C21H18ClF2N3O3/c22-14-7-5-13(6-8-14)11-27-19(29)21(25-20(27)30)9-2-10-26(12-21)18(28)17-15(23)3-1-4-16(17)24/h1,3-8H,2,9-12H2,(H,25,30)/t21-/m1/s1. The van der Waals surface area contributed by atoms with Gasteiger partial charge in [0.1, 0.15) is 22.7 Å². The van der Waals surface area contributed by atoms with E-state index in [0.29, 0.717) is 17.9 Å². The van der Waals surface area contributed by atoms with Crippen LogP contribution in [0, 0.1) is 11.6 Å². The summed E-state index contributed by atoms with van der Waals surface area (Å²) in [6.45, 7) is 0.134. The number of carbonyl (C=O) groups is 3. The van der Waals surface area contributed by atoms with Crippen LogP contribution in [0.15, 0.2) is 42.5 Å². The average Bonchev–Trinajstić information content (AvgIpc) is 2.93.